The molecule has 3 aliphatic rings. The Labute approximate surface area is 145 Å². The largest absolute Gasteiger partial charge is 0.372 e. The first-order chi connectivity index (χ1) is 12.3. The Balaban J connectivity index is 1.40. The molecule has 3 aromatic rings. The van der Waals surface area contributed by atoms with Crippen LogP contribution in [-0.2, 0) is 4.74 Å². The lowest BCUT2D eigenvalue weighted by Gasteiger charge is -2.21. The summed E-state index contributed by atoms with van der Waals surface area (Å²) in [4.78, 5) is 9.30. The summed E-state index contributed by atoms with van der Waals surface area (Å²) in [5.41, 5.74) is 1.85. The van der Waals surface area contributed by atoms with Crippen molar-refractivity contribution in [3.8, 4) is 5.69 Å². The van der Waals surface area contributed by atoms with E-state index in [0.29, 0.717) is 18.2 Å². The van der Waals surface area contributed by atoms with Crippen molar-refractivity contribution in [3.05, 3.63) is 42.4 Å². The number of benzene rings is 1. The normalized spacial score (nSPS) is 32.1. The van der Waals surface area contributed by atoms with Crippen molar-refractivity contribution in [3.63, 3.8) is 0 Å². The smallest absolute Gasteiger partial charge is 0.168 e. The van der Waals surface area contributed by atoms with Crippen LogP contribution in [0.15, 0.2) is 36.5 Å². The molecule has 25 heavy (non-hydrogen) atoms. The van der Waals surface area contributed by atoms with Gasteiger partial charge < -0.3 is 10.1 Å². The summed E-state index contributed by atoms with van der Waals surface area (Å²) < 4.78 is 7.99. The van der Waals surface area contributed by atoms with Gasteiger partial charge in [-0.2, -0.15) is 5.10 Å². The third kappa shape index (κ3) is 1.97. The fourth-order valence-electron chi connectivity index (χ4n) is 4.65. The van der Waals surface area contributed by atoms with Crippen LogP contribution in [0.25, 0.3) is 16.7 Å². The molecule has 126 valence electrons. The summed E-state index contributed by atoms with van der Waals surface area (Å²) in [6.07, 6.45) is 5.10. The summed E-state index contributed by atoms with van der Waals surface area (Å²) in [6.45, 7) is 1.93. The number of para-hydroxylation sites is 1. The standard InChI is InChI=1S/C19H19N5O/c1-10-21-18(23-15-8-16-12-7-13(12)17(15)25-16)14-9-20-24(19(14)22-10)11-5-3-2-4-6-11/h2-6,9,12-13,15-17H,7-8H2,1H3,(H,21,22,23)/t12-,13+,15-,16+,17+/m1/s1. The summed E-state index contributed by atoms with van der Waals surface area (Å²) in [6, 6.07) is 10.4. The molecule has 1 aromatic carbocycles. The predicted molar refractivity (Wildman–Crippen MR) is 93.7 cm³/mol. The van der Waals surface area contributed by atoms with Crippen LogP contribution in [-0.4, -0.2) is 38.0 Å². The molecular weight excluding hydrogens is 314 g/mol. The average Bonchev–Trinajstić information content (AvgIpc) is 3.00. The Kier molecular flexibility index (Phi) is 2.64. The fraction of sp³-hybridized carbons (Fsp3) is 0.421. The number of anilines is 1. The van der Waals surface area contributed by atoms with Gasteiger partial charge in [0.2, 0.25) is 0 Å². The maximum atomic E-state index is 6.11. The number of nitrogens with zero attached hydrogens (tertiary/aromatic N) is 4. The Hall–Kier alpha value is -2.47. The minimum atomic E-state index is 0.351. The maximum Gasteiger partial charge on any atom is 0.168 e. The van der Waals surface area contributed by atoms with Crippen molar-refractivity contribution in [1.29, 1.82) is 0 Å². The monoisotopic (exact) mass is 333 g/mol. The van der Waals surface area contributed by atoms with Crippen molar-refractivity contribution in [2.24, 2.45) is 11.8 Å². The van der Waals surface area contributed by atoms with E-state index < -0.39 is 0 Å². The van der Waals surface area contributed by atoms with Crippen LogP contribution < -0.4 is 5.32 Å². The average molecular weight is 333 g/mol. The number of aryl methyl sites for hydroxylation is 1. The number of rotatable bonds is 3. The number of hydrogen-bond acceptors (Lipinski definition) is 5. The molecule has 5 atom stereocenters. The quantitative estimate of drug-likeness (QED) is 0.798. The van der Waals surface area contributed by atoms with Crippen LogP contribution in [0, 0.1) is 18.8 Å². The van der Waals surface area contributed by atoms with Crippen molar-refractivity contribution in [1.82, 2.24) is 19.7 Å². The molecule has 3 fully saturated rings. The van der Waals surface area contributed by atoms with Crippen LogP contribution in [0.2, 0.25) is 0 Å². The van der Waals surface area contributed by atoms with E-state index in [2.05, 4.69) is 20.4 Å². The molecule has 0 spiro atoms. The molecule has 0 unspecified atom stereocenters. The van der Waals surface area contributed by atoms with Gasteiger partial charge in [0.1, 0.15) is 11.6 Å². The van der Waals surface area contributed by atoms with Crippen LogP contribution >= 0.6 is 0 Å². The molecule has 2 aliphatic heterocycles. The Bertz CT molecular complexity index is 969. The SMILES string of the molecule is Cc1nc(N[C@@H]2C[C@@H]3O[C@H]2[C@H]2C[C@H]23)c2cnn(-c3ccccc3)c2n1. The Morgan fingerprint density at radius 1 is 1.12 bits per heavy atom. The minimum absolute atomic E-state index is 0.351. The number of hydrogen-bond donors (Lipinski definition) is 1. The van der Waals surface area contributed by atoms with Crippen molar-refractivity contribution in [2.75, 3.05) is 5.32 Å². The van der Waals surface area contributed by atoms with E-state index in [1.807, 2.05) is 48.1 Å². The van der Waals surface area contributed by atoms with Gasteiger partial charge in [-0.05, 0) is 43.7 Å². The van der Waals surface area contributed by atoms with Gasteiger partial charge in [-0.25, -0.2) is 14.6 Å². The zero-order valence-corrected chi connectivity index (χ0v) is 14.0. The fourth-order valence-corrected chi connectivity index (χ4v) is 4.65. The van der Waals surface area contributed by atoms with Crippen molar-refractivity contribution < 1.29 is 4.74 Å². The second kappa shape index (κ2) is 4.79. The Morgan fingerprint density at radius 3 is 2.80 bits per heavy atom. The molecule has 2 saturated heterocycles. The summed E-state index contributed by atoms with van der Waals surface area (Å²) in [5.74, 6) is 3.22. The first-order valence-electron chi connectivity index (χ1n) is 8.98. The van der Waals surface area contributed by atoms with E-state index in [-0.39, 0.29) is 0 Å². The van der Waals surface area contributed by atoms with Crippen LogP contribution in [0.4, 0.5) is 5.82 Å². The molecule has 0 radical (unpaired) electrons. The third-order valence-electron chi connectivity index (χ3n) is 5.87. The van der Waals surface area contributed by atoms with Crippen molar-refractivity contribution in [2.45, 2.75) is 38.0 Å². The lowest BCUT2D eigenvalue weighted by molar-refractivity contribution is 0.0704. The minimum Gasteiger partial charge on any atom is -0.372 e. The lowest BCUT2D eigenvalue weighted by Crippen LogP contribution is -2.32. The summed E-state index contributed by atoms with van der Waals surface area (Å²) in [7, 11) is 0. The predicted octanol–water partition coefficient (Wildman–Crippen LogP) is 2.71. The van der Waals surface area contributed by atoms with E-state index in [4.69, 9.17) is 4.74 Å². The van der Waals surface area contributed by atoms with Crippen molar-refractivity contribution >= 4 is 16.9 Å². The number of aromatic nitrogens is 4. The lowest BCUT2D eigenvalue weighted by atomic mass is 9.95. The molecule has 1 aliphatic carbocycles. The second-order valence-electron chi connectivity index (χ2n) is 7.44. The molecule has 2 bridgehead atoms. The maximum absolute atomic E-state index is 6.11. The van der Waals surface area contributed by atoms with Gasteiger partial charge in [0.15, 0.2) is 5.65 Å². The van der Waals surface area contributed by atoms with E-state index >= 15 is 0 Å². The van der Waals surface area contributed by atoms with E-state index in [1.165, 1.54) is 6.42 Å². The van der Waals surface area contributed by atoms with Crippen LogP contribution in [0.5, 0.6) is 0 Å². The highest BCUT2D eigenvalue weighted by Crippen LogP contribution is 2.59. The summed E-state index contributed by atoms with van der Waals surface area (Å²) >= 11 is 0. The van der Waals surface area contributed by atoms with Gasteiger partial charge in [0.25, 0.3) is 0 Å². The molecule has 2 aromatic heterocycles. The van der Waals surface area contributed by atoms with Gasteiger partial charge in [0, 0.05) is 0 Å². The Morgan fingerprint density at radius 2 is 2.00 bits per heavy atom. The van der Waals surface area contributed by atoms with Crippen LogP contribution in [0.1, 0.15) is 18.7 Å². The van der Waals surface area contributed by atoms with Gasteiger partial charge in [-0.3, -0.25) is 0 Å². The molecular formula is C19H19N5O. The van der Waals surface area contributed by atoms with Gasteiger partial charge >= 0.3 is 0 Å². The first-order valence-corrected chi connectivity index (χ1v) is 8.98. The molecule has 6 heteroatoms. The molecule has 1 N–H and O–H groups in total. The molecule has 6 rings (SSSR count). The highest BCUT2D eigenvalue weighted by atomic mass is 16.5. The van der Waals surface area contributed by atoms with E-state index in [9.17, 15) is 0 Å². The van der Waals surface area contributed by atoms with E-state index in [0.717, 1.165) is 46.6 Å². The highest BCUT2D eigenvalue weighted by molar-refractivity contribution is 5.87. The summed E-state index contributed by atoms with van der Waals surface area (Å²) in [5, 5.41) is 9.17. The topological polar surface area (TPSA) is 64.9 Å². The number of fused-ring (bicyclic) bond motifs is 6. The zero-order valence-electron chi connectivity index (χ0n) is 14.0. The third-order valence-corrected chi connectivity index (χ3v) is 5.87. The zero-order chi connectivity index (χ0) is 16.5. The first kappa shape index (κ1) is 13.8. The van der Waals surface area contributed by atoms with Gasteiger partial charge in [-0.15, -0.1) is 0 Å². The molecule has 1 saturated carbocycles. The van der Waals surface area contributed by atoms with Crippen LogP contribution in [0.3, 0.4) is 0 Å². The molecule has 4 heterocycles. The molecule has 0 amide bonds. The van der Waals surface area contributed by atoms with Gasteiger partial charge in [-0.1, -0.05) is 18.2 Å². The molecule has 6 nitrogen and oxygen atoms in total. The second-order valence-corrected chi connectivity index (χ2v) is 7.44. The van der Waals surface area contributed by atoms with Gasteiger partial charge in [0.05, 0.1) is 35.5 Å². The number of ether oxygens (including phenoxy) is 1. The highest BCUT2D eigenvalue weighted by Gasteiger charge is 2.62. The number of nitrogens with one attached hydrogen (secondary N) is 1. The van der Waals surface area contributed by atoms with E-state index in [1.54, 1.807) is 0 Å².